The third-order valence-electron chi connectivity index (χ3n) is 4.70. The van der Waals surface area contributed by atoms with Crippen LogP contribution in [0.2, 0.25) is 0 Å². The van der Waals surface area contributed by atoms with Gasteiger partial charge in [-0.1, -0.05) is 11.6 Å². The first-order valence-electron chi connectivity index (χ1n) is 9.16. The summed E-state index contributed by atoms with van der Waals surface area (Å²) in [6.45, 7) is 1.97. The summed E-state index contributed by atoms with van der Waals surface area (Å²) in [6, 6.07) is 20.8. The van der Waals surface area contributed by atoms with Gasteiger partial charge in [0.2, 0.25) is 0 Å². The zero-order valence-corrected chi connectivity index (χ0v) is 16.1. The van der Waals surface area contributed by atoms with Crippen LogP contribution in [0.5, 0.6) is 5.75 Å². The van der Waals surface area contributed by atoms with Gasteiger partial charge in [-0.3, -0.25) is 4.79 Å². The van der Waals surface area contributed by atoms with Crippen molar-refractivity contribution in [1.29, 1.82) is 0 Å². The highest BCUT2D eigenvalue weighted by molar-refractivity contribution is 6.13. The number of ether oxygens (including phenoxy) is 1. The lowest BCUT2D eigenvalue weighted by Crippen LogP contribution is -2.13. The number of carbonyl (C=O) groups is 1. The van der Waals surface area contributed by atoms with Crippen molar-refractivity contribution in [2.24, 2.45) is 0 Å². The van der Waals surface area contributed by atoms with Gasteiger partial charge in [-0.15, -0.1) is 0 Å². The third-order valence-corrected chi connectivity index (χ3v) is 4.70. The molecule has 0 radical (unpaired) electrons. The van der Waals surface area contributed by atoms with Crippen molar-refractivity contribution in [2.45, 2.75) is 6.92 Å². The number of methoxy groups -OCH3 is 1. The van der Waals surface area contributed by atoms with E-state index >= 15 is 0 Å². The molecule has 0 saturated heterocycles. The SMILES string of the molecule is COc1ccc(-c2cc(C(=O)Nc3ccc(F)cc3)c3cc(C)ccc3n2)cc1. The van der Waals surface area contributed by atoms with E-state index in [1.807, 2.05) is 49.4 Å². The van der Waals surface area contributed by atoms with E-state index in [2.05, 4.69) is 5.32 Å². The first kappa shape index (κ1) is 18.6. The molecule has 4 aromatic rings. The molecular formula is C24H19FN2O2. The Morgan fingerprint density at radius 3 is 2.38 bits per heavy atom. The average molecular weight is 386 g/mol. The first-order chi connectivity index (χ1) is 14.0. The van der Waals surface area contributed by atoms with E-state index in [0.29, 0.717) is 16.9 Å². The van der Waals surface area contributed by atoms with E-state index in [9.17, 15) is 9.18 Å². The second-order valence-corrected chi connectivity index (χ2v) is 6.77. The van der Waals surface area contributed by atoms with Crippen LogP contribution in [-0.4, -0.2) is 18.0 Å². The van der Waals surface area contributed by atoms with Crippen LogP contribution >= 0.6 is 0 Å². The molecule has 0 aliphatic heterocycles. The van der Waals surface area contributed by atoms with Crippen LogP contribution in [0.4, 0.5) is 10.1 Å². The van der Waals surface area contributed by atoms with E-state index in [1.54, 1.807) is 13.2 Å². The summed E-state index contributed by atoms with van der Waals surface area (Å²) in [5.74, 6) is 0.124. The Labute approximate surface area is 168 Å². The Morgan fingerprint density at radius 1 is 0.966 bits per heavy atom. The molecule has 1 N–H and O–H groups in total. The van der Waals surface area contributed by atoms with Crippen LogP contribution in [0.25, 0.3) is 22.2 Å². The van der Waals surface area contributed by atoms with Crippen molar-refractivity contribution in [2.75, 3.05) is 12.4 Å². The normalized spacial score (nSPS) is 10.7. The summed E-state index contributed by atoms with van der Waals surface area (Å²) in [7, 11) is 1.61. The van der Waals surface area contributed by atoms with Gasteiger partial charge >= 0.3 is 0 Å². The van der Waals surface area contributed by atoms with Crippen LogP contribution in [0.3, 0.4) is 0 Å². The summed E-state index contributed by atoms with van der Waals surface area (Å²) < 4.78 is 18.4. The predicted octanol–water partition coefficient (Wildman–Crippen LogP) is 5.61. The predicted molar refractivity (Wildman–Crippen MR) is 113 cm³/mol. The number of nitrogens with zero attached hydrogens (tertiary/aromatic N) is 1. The van der Waals surface area contributed by atoms with Crippen LogP contribution in [-0.2, 0) is 0 Å². The van der Waals surface area contributed by atoms with Gasteiger partial charge in [0.25, 0.3) is 5.91 Å². The summed E-state index contributed by atoms with van der Waals surface area (Å²) in [5.41, 5.74) is 4.37. The molecule has 3 aromatic carbocycles. The number of amides is 1. The maximum absolute atomic E-state index is 13.2. The van der Waals surface area contributed by atoms with Crippen molar-refractivity contribution in [1.82, 2.24) is 4.98 Å². The number of aryl methyl sites for hydroxylation is 1. The monoisotopic (exact) mass is 386 g/mol. The molecule has 0 fully saturated rings. The molecule has 4 nitrogen and oxygen atoms in total. The Hall–Kier alpha value is -3.73. The van der Waals surface area contributed by atoms with Crippen LogP contribution < -0.4 is 10.1 Å². The quantitative estimate of drug-likeness (QED) is 0.496. The molecule has 4 rings (SSSR count). The molecule has 0 atom stereocenters. The zero-order valence-electron chi connectivity index (χ0n) is 16.1. The van der Waals surface area contributed by atoms with Crippen molar-refractivity contribution in [3.8, 4) is 17.0 Å². The largest absolute Gasteiger partial charge is 0.497 e. The summed E-state index contributed by atoms with van der Waals surface area (Å²) in [6.07, 6.45) is 0. The highest BCUT2D eigenvalue weighted by Gasteiger charge is 2.15. The molecule has 0 unspecified atom stereocenters. The molecule has 0 bridgehead atoms. The van der Waals surface area contributed by atoms with Gasteiger partial charge in [0.15, 0.2) is 0 Å². The van der Waals surface area contributed by atoms with Crippen molar-refractivity contribution in [3.63, 3.8) is 0 Å². The van der Waals surface area contributed by atoms with Crippen LogP contribution in [0.1, 0.15) is 15.9 Å². The molecule has 0 saturated carbocycles. The third kappa shape index (κ3) is 3.94. The Morgan fingerprint density at radius 2 is 1.69 bits per heavy atom. The van der Waals surface area contributed by atoms with Gasteiger partial charge in [-0.25, -0.2) is 9.37 Å². The number of hydrogen-bond donors (Lipinski definition) is 1. The maximum atomic E-state index is 13.2. The standard InChI is InChI=1S/C24H19FN2O2/c1-15-3-12-22-20(13-15)21(24(28)26-18-8-6-17(25)7-9-18)14-23(27-22)16-4-10-19(29-2)11-5-16/h3-14H,1-2H3,(H,26,28). The minimum Gasteiger partial charge on any atom is -0.497 e. The number of halogens is 1. The summed E-state index contributed by atoms with van der Waals surface area (Å²) in [4.78, 5) is 17.8. The average Bonchev–Trinajstić information content (AvgIpc) is 2.74. The van der Waals surface area contributed by atoms with Gasteiger partial charge in [-0.2, -0.15) is 0 Å². The summed E-state index contributed by atoms with van der Waals surface area (Å²) >= 11 is 0. The molecule has 0 spiro atoms. The smallest absolute Gasteiger partial charge is 0.256 e. The van der Waals surface area contributed by atoms with Gasteiger partial charge in [0.1, 0.15) is 11.6 Å². The minimum absolute atomic E-state index is 0.274. The lowest BCUT2D eigenvalue weighted by Gasteiger charge is -2.12. The summed E-state index contributed by atoms with van der Waals surface area (Å²) in [5, 5.41) is 3.61. The van der Waals surface area contributed by atoms with Gasteiger partial charge in [0, 0.05) is 16.6 Å². The van der Waals surface area contributed by atoms with E-state index < -0.39 is 0 Å². The molecular weight excluding hydrogens is 367 g/mol. The fourth-order valence-electron chi connectivity index (χ4n) is 3.17. The molecule has 1 aromatic heterocycles. The fourth-order valence-corrected chi connectivity index (χ4v) is 3.17. The van der Waals surface area contributed by atoms with Crippen LogP contribution in [0.15, 0.2) is 72.8 Å². The number of benzene rings is 3. The van der Waals surface area contributed by atoms with Gasteiger partial charge < -0.3 is 10.1 Å². The number of aromatic nitrogens is 1. The second-order valence-electron chi connectivity index (χ2n) is 6.77. The van der Waals surface area contributed by atoms with Crippen LogP contribution in [0, 0.1) is 12.7 Å². The van der Waals surface area contributed by atoms with E-state index in [-0.39, 0.29) is 11.7 Å². The van der Waals surface area contributed by atoms with Crippen molar-refractivity contribution < 1.29 is 13.9 Å². The maximum Gasteiger partial charge on any atom is 0.256 e. The zero-order chi connectivity index (χ0) is 20.4. The lowest BCUT2D eigenvalue weighted by molar-refractivity contribution is 0.102. The number of hydrogen-bond acceptors (Lipinski definition) is 3. The Balaban J connectivity index is 1.80. The lowest BCUT2D eigenvalue weighted by atomic mass is 10.0. The number of anilines is 1. The molecule has 144 valence electrons. The fraction of sp³-hybridized carbons (Fsp3) is 0.0833. The molecule has 1 amide bonds. The molecule has 5 heteroatoms. The van der Waals surface area contributed by atoms with E-state index in [4.69, 9.17) is 9.72 Å². The first-order valence-corrected chi connectivity index (χ1v) is 9.16. The second kappa shape index (κ2) is 7.72. The Bertz CT molecular complexity index is 1190. The van der Waals surface area contributed by atoms with Crippen molar-refractivity contribution >= 4 is 22.5 Å². The van der Waals surface area contributed by atoms with E-state index in [0.717, 1.165) is 27.8 Å². The molecule has 0 aliphatic carbocycles. The number of carbonyl (C=O) groups excluding carboxylic acids is 1. The van der Waals surface area contributed by atoms with E-state index in [1.165, 1.54) is 24.3 Å². The number of fused-ring (bicyclic) bond motifs is 1. The highest BCUT2D eigenvalue weighted by atomic mass is 19.1. The number of nitrogens with one attached hydrogen (secondary N) is 1. The Kier molecular flexibility index (Phi) is 4.96. The minimum atomic E-state index is -0.352. The number of rotatable bonds is 4. The molecule has 29 heavy (non-hydrogen) atoms. The highest BCUT2D eigenvalue weighted by Crippen LogP contribution is 2.27. The van der Waals surface area contributed by atoms with Crippen molar-refractivity contribution in [3.05, 3.63) is 89.7 Å². The number of pyridine rings is 1. The topological polar surface area (TPSA) is 51.2 Å². The molecule has 1 heterocycles. The van der Waals surface area contributed by atoms with Gasteiger partial charge in [-0.05, 0) is 73.7 Å². The van der Waals surface area contributed by atoms with Gasteiger partial charge in [0.05, 0.1) is 23.9 Å². The molecule has 0 aliphatic rings.